The summed E-state index contributed by atoms with van der Waals surface area (Å²) in [7, 11) is 0. The van der Waals surface area contributed by atoms with E-state index in [4.69, 9.17) is 4.98 Å². The Morgan fingerprint density at radius 2 is 1.62 bits per heavy atom. The van der Waals surface area contributed by atoms with Crippen LogP contribution in [-0.2, 0) is 10.8 Å². The van der Waals surface area contributed by atoms with E-state index in [1.165, 1.54) is 58.6 Å². The fourth-order valence-corrected chi connectivity index (χ4v) is 7.06. The predicted octanol–water partition coefficient (Wildman–Crippen LogP) is 5.34. The van der Waals surface area contributed by atoms with Crippen molar-refractivity contribution in [3.8, 4) is 0 Å². The average Bonchev–Trinajstić information content (AvgIpc) is 3.06. The van der Waals surface area contributed by atoms with Crippen molar-refractivity contribution >= 4 is 27.3 Å². The highest BCUT2D eigenvalue weighted by Crippen LogP contribution is 2.76. The van der Waals surface area contributed by atoms with E-state index in [1.54, 1.807) is 16.7 Å². The molecule has 11 rings (SSSR count). The largest absolute Gasteiger partial charge is 0.295 e. The average molecular weight is 334 g/mol. The van der Waals surface area contributed by atoms with Crippen LogP contribution in [0.1, 0.15) is 42.5 Å². The van der Waals surface area contributed by atoms with Crippen molar-refractivity contribution in [2.75, 3.05) is 0 Å². The van der Waals surface area contributed by atoms with Crippen LogP contribution in [0.4, 0.5) is 0 Å². The standard InChI is InChI=1S/C24H18N2/c1-13-6-7-18-21-20(13)16-4-2-3-5-17(16)22-25-12-19(26(21)22)24-10-15(11-24)14-8-23(18,24)9-14/h2-7,12H,8-11H2,1H3. The second-order valence-electron chi connectivity index (χ2n) is 9.08. The van der Waals surface area contributed by atoms with E-state index >= 15 is 0 Å². The third kappa shape index (κ3) is 0.977. The Bertz CT molecular complexity index is 1380. The highest BCUT2D eigenvalue weighted by Gasteiger charge is 2.70. The number of nitrogens with zero attached hydrogens (tertiary/aromatic N) is 2. The summed E-state index contributed by atoms with van der Waals surface area (Å²) in [6, 6.07) is 13.7. The molecule has 0 radical (unpaired) electrons. The minimum atomic E-state index is 0.307. The SMILES string of the molecule is Cc1ccc2c3c1c1ccccc1c1ncc(n13)C13CC(=C4CC21C4)C3. The lowest BCUT2D eigenvalue weighted by atomic mass is 9.34. The van der Waals surface area contributed by atoms with Gasteiger partial charge in [-0.15, -0.1) is 0 Å². The molecule has 7 aliphatic rings. The molecule has 4 bridgehead atoms. The number of rotatable bonds is 0. The topological polar surface area (TPSA) is 17.3 Å². The third-order valence-electron chi connectivity index (χ3n) is 8.29. The van der Waals surface area contributed by atoms with Crippen LogP contribution in [0.25, 0.3) is 27.3 Å². The molecule has 1 aliphatic heterocycles. The lowest BCUT2D eigenvalue weighted by molar-refractivity contribution is 0.0632. The van der Waals surface area contributed by atoms with Crippen molar-refractivity contribution in [3.05, 3.63) is 70.6 Å². The van der Waals surface area contributed by atoms with Crippen molar-refractivity contribution in [2.24, 2.45) is 0 Å². The Balaban J connectivity index is 1.74. The smallest absolute Gasteiger partial charge is 0.145 e. The maximum atomic E-state index is 4.99. The van der Waals surface area contributed by atoms with Gasteiger partial charge in [0.15, 0.2) is 0 Å². The summed E-state index contributed by atoms with van der Waals surface area (Å²) in [5.41, 5.74) is 11.2. The van der Waals surface area contributed by atoms with E-state index in [9.17, 15) is 0 Å². The van der Waals surface area contributed by atoms with Gasteiger partial charge in [0.05, 0.1) is 11.2 Å². The van der Waals surface area contributed by atoms with Crippen molar-refractivity contribution in [2.45, 2.75) is 43.4 Å². The van der Waals surface area contributed by atoms with Crippen molar-refractivity contribution in [1.29, 1.82) is 0 Å². The van der Waals surface area contributed by atoms with Gasteiger partial charge in [0.2, 0.25) is 0 Å². The minimum absolute atomic E-state index is 0.307. The molecule has 2 fully saturated rings. The Hall–Kier alpha value is -2.61. The number of benzene rings is 2. The summed E-state index contributed by atoms with van der Waals surface area (Å²) < 4.78 is 2.55. The second-order valence-corrected chi connectivity index (χ2v) is 9.08. The molecule has 2 heteroatoms. The van der Waals surface area contributed by atoms with E-state index in [2.05, 4.69) is 53.9 Å². The zero-order valence-corrected chi connectivity index (χ0v) is 14.8. The molecule has 0 atom stereocenters. The van der Waals surface area contributed by atoms with Gasteiger partial charge in [0.1, 0.15) is 5.65 Å². The molecule has 2 aromatic heterocycles. The van der Waals surface area contributed by atoms with Crippen LogP contribution < -0.4 is 0 Å². The summed E-state index contributed by atoms with van der Waals surface area (Å²) >= 11 is 0. The molecule has 2 nitrogen and oxygen atoms in total. The monoisotopic (exact) mass is 334 g/mol. The Labute approximate surface area is 151 Å². The number of hydrogen-bond acceptors (Lipinski definition) is 1. The van der Waals surface area contributed by atoms with Crippen LogP contribution in [0.3, 0.4) is 0 Å². The Morgan fingerprint density at radius 1 is 0.885 bits per heavy atom. The van der Waals surface area contributed by atoms with E-state index in [0.717, 1.165) is 5.65 Å². The highest BCUT2D eigenvalue weighted by molar-refractivity contribution is 6.14. The molecule has 3 heterocycles. The second kappa shape index (κ2) is 3.46. The van der Waals surface area contributed by atoms with Gasteiger partial charge in [-0.25, -0.2) is 4.98 Å². The first-order valence-electron chi connectivity index (χ1n) is 9.76. The van der Waals surface area contributed by atoms with Gasteiger partial charge in [-0.1, -0.05) is 47.5 Å². The molecule has 26 heavy (non-hydrogen) atoms. The molecule has 4 aromatic rings. The number of pyridine rings is 1. The van der Waals surface area contributed by atoms with E-state index < -0.39 is 0 Å². The van der Waals surface area contributed by atoms with Crippen LogP contribution in [0.5, 0.6) is 0 Å². The molecule has 124 valence electrons. The van der Waals surface area contributed by atoms with Crippen LogP contribution in [0.15, 0.2) is 53.7 Å². The first kappa shape index (κ1) is 12.7. The van der Waals surface area contributed by atoms with Gasteiger partial charge in [0, 0.05) is 27.8 Å². The van der Waals surface area contributed by atoms with E-state index in [0.29, 0.717) is 10.8 Å². The molecule has 0 saturated heterocycles. The van der Waals surface area contributed by atoms with Gasteiger partial charge in [-0.05, 0) is 49.1 Å². The fourth-order valence-electron chi connectivity index (χ4n) is 7.06. The van der Waals surface area contributed by atoms with Crippen LogP contribution >= 0.6 is 0 Å². The lowest BCUT2D eigenvalue weighted by Gasteiger charge is -2.70. The van der Waals surface area contributed by atoms with Gasteiger partial charge in [0.25, 0.3) is 0 Å². The van der Waals surface area contributed by atoms with Gasteiger partial charge < -0.3 is 0 Å². The highest BCUT2D eigenvalue weighted by atomic mass is 15.1. The Kier molecular flexibility index (Phi) is 1.69. The first-order valence-corrected chi connectivity index (χ1v) is 9.76. The number of fused-ring (bicyclic) bond motifs is 3. The van der Waals surface area contributed by atoms with Crippen LogP contribution in [0, 0.1) is 6.92 Å². The van der Waals surface area contributed by atoms with Crippen LogP contribution in [-0.4, -0.2) is 9.38 Å². The maximum Gasteiger partial charge on any atom is 0.145 e. The fraction of sp³-hybridized carbons (Fsp3) is 0.292. The van der Waals surface area contributed by atoms with Crippen LogP contribution in [0.2, 0.25) is 0 Å². The van der Waals surface area contributed by atoms with Crippen molar-refractivity contribution in [1.82, 2.24) is 9.38 Å². The number of imidazole rings is 1. The minimum Gasteiger partial charge on any atom is -0.295 e. The first-order chi connectivity index (χ1) is 12.7. The van der Waals surface area contributed by atoms with Gasteiger partial charge in [-0.3, -0.25) is 4.40 Å². The molecule has 2 aromatic carbocycles. The summed E-state index contributed by atoms with van der Waals surface area (Å²) in [5.74, 6) is 0. The number of hydrogen-bond donors (Lipinski definition) is 0. The zero-order valence-electron chi connectivity index (χ0n) is 14.8. The normalized spacial score (nSPS) is 30.0. The number of aromatic nitrogens is 2. The lowest BCUT2D eigenvalue weighted by Crippen LogP contribution is -2.65. The third-order valence-corrected chi connectivity index (χ3v) is 8.29. The summed E-state index contributed by atoms with van der Waals surface area (Å²) in [5, 5.41) is 4.09. The number of allylic oxidation sites excluding steroid dienone is 2. The number of aryl methyl sites for hydroxylation is 1. The summed E-state index contributed by atoms with van der Waals surface area (Å²) in [4.78, 5) is 4.99. The van der Waals surface area contributed by atoms with E-state index in [1.807, 2.05) is 0 Å². The van der Waals surface area contributed by atoms with Gasteiger partial charge in [-0.2, -0.15) is 0 Å². The van der Waals surface area contributed by atoms with Gasteiger partial charge >= 0.3 is 0 Å². The quantitative estimate of drug-likeness (QED) is 0.313. The van der Waals surface area contributed by atoms with E-state index in [-0.39, 0.29) is 0 Å². The summed E-state index contributed by atoms with van der Waals surface area (Å²) in [6.45, 7) is 2.27. The molecule has 2 spiro atoms. The molecule has 0 N–H and O–H groups in total. The van der Waals surface area contributed by atoms with Crippen molar-refractivity contribution < 1.29 is 0 Å². The predicted molar refractivity (Wildman–Crippen MR) is 104 cm³/mol. The van der Waals surface area contributed by atoms with Crippen molar-refractivity contribution in [3.63, 3.8) is 0 Å². The maximum absolute atomic E-state index is 4.99. The molecule has 2 saturated carbocycles. The molecular weight excluding hydrogens is 316 g/mol. The molecule has 0 amide bonds. The zero-order chi connectivity index (χ0) is 16.8. The molecule has 6 aliphatic carbocycles. The molecular formula is C24H18N2. The summed E-state index contributed by atoms with van der Waals surface area (Å²) in [6.07, 6.45) is 7.35. The molecule has 0 unspecified atom stereocenters. The Morgan fingerprint density at radius 3 is 2.42 bits per heavy atom.